The number of carbonyl (C=O) groups excluding carboxylic acids is 1. The molecule has 1 aliphatic rings. The highest BCUT2D eigenvalue weighted by atomic mass is 35.5. The molecule has 176 valence electrons. The molecule has 1 aliphatic heterocycles. The van der Waals surface area contributed by atoms with Crippen molar-refractivity contribution >= 4 is 34.2 Å². The van der Waals surface area contributed by atoms with Crippen LogP contribution in [0.5, 0.6) is 5.75 Å². The highest BCUT2D eigenvalue weighted by Gasteiger charge is 2.16. The maximum absolute atomic E-state index is 12.4. The molecule has 6 nitrogen and oxygen atoms in total. The molecule has 1 N–H and O–H groups in total. The van der Waals surface area contributed by atoms with Crippen LogP contribution in [0.1, 0.15) is 50.4 Å². The summed E-state index contributed by atoms with van der Waals surface area (Å²) in [7, 11) is 0. The van der Waals surface area contributed by atoms with Gasteiger partial charge in [-0.15, -0.1) is 0 Å². The Bertz CT molecular complexity index is 1100. The number of anilines is 1. The molecule has 7 heteroatoms. The van der Waals surface area contributed by atoms with Gasteiger partial charge in [-0.2, -0.15) is 0 Å². The molecule has 0 bridgehead atoms. The predicted molar refractivity (Wildman–Crippen MR) is 134 cm³/mol. The van der Waals surface area contributed by atoms with Gasteiger partial charge >= 0.3 is 0 Å². The van der Waals surface area contributed by atoms with E-state index in [1.807, 2.05) is 25.1 Å². The SMILES string of the molecule is CCCn1c(CN2CCCCCC2)nc2cc(NC(=O)COc3ccc(Cl)c(C)c3)ccc21. The summed E-state index contributed by atoms with van der Waals surface area (Å²) in [6, 6.07) is 11.3. The van der Waals surface area contributed by atoms with Crippen molar-refractivity contribution in [2.75, 3.05) is 25.0 Å². The number of hydrogen-bond acceptors (Lipinski definition) is 4. The number of ether oxygens (including phenoxy) is 1. The Morgan fingerprint density at radius 2 is 1.91 bits per heavy atom. The molecule has 33 heavy (non-hydrogen) atoms. The van der Waals surface area contributed by atoms with Crippen molar-refractivity contribution in [3.8, 4) is 5.75 Å². The third-order valence-electron chi connectivity index (χ3n) is 6.12. The minimum Gasteiger partial charge on any atom is -0.484 e. The average molecular weight is 469 g/mol. The Morgan fingerprint density at radius 1 is 1.12 bits per heavy atom. The standard InChI is InChI=1S/C26H33ClN4O2/c1-3-12-31-24-11-8-20(28-26(32)18-33-21-9-10-22(27)19(2)15-21)16-23(24)29-25(31)17-30-13-6-4-5-7-14-30/h8-11,15-16H,3-7,12-14,17-18H2,1-2H3,(H,28,32). The number of halogens is 1. The number of carbonyl (C=O) groups is 1. The van der Waals surface area contributed by atoms with Crippen molar-refractivity contribution in [1.82, 2.24) is 14.5 Å². The van der Waals surface area contributed by atoms with Gasteiger partial charge in [-0.3, -0.25) is 9.69 Å². The lowest BCUT2D eigenvalue weighted by Gasteiger charge is -2.20. The number of hydrogen-bond donors (Lipinski definition) is 1. The zero-order valence-electron chi connectivity index (χ0n) is 19.6. The van der Waals surface area contributed by atoms with Crippen molar-refractivity contribution < 1.29 is 9.53 Å². The number of rotatable bonds is 8. The lowest BCUT2D eigenvalue weighted by atomic mass is 10.2. The van der Waals surface area contributed by atoms with Gasteiger partial charge in [0, 0.05) is 17.3 Å². The van der Waals surface area contributed by atoms with Crippen LogP contribution >= 0.6 is 11.6 Å². The predicted octanol–water partition coefficient (Wildman–Crippen LogP) is 5.80. The Kier molecular flexibility index (Phi) is 7.89. The lowest BCUT2D eigenvalue weighted by molar-refractivity contribution is -0.118. The first-order valence-electron chi connectivity index (χ1n) is 11.9. The van der Waals surface area contributed by atoms with E-state index in [0.717, 1.165) is 60.7 Å². The summed E-state index contributed by atoms with van der Waals surface area (Å²) in [5.41, 5.74) is 3.68. The van der Waals surface area contributed by atoms with Gasteiger partial charge < -0.3 is 14.6 Å². The fourth-order valence-electron chi connectivity index (χ4n) is 4.40. The summed E-state index contributed by atoms with van der Waals surface area (Å²) >= 11 is 6.05. The van der Waals surface area contributed by atoms with E-state index in [-0.39, 0.29) is 12.5 Å². The molecule has 1 fully saturated rings. The summed E-state index contributed by atoms with van der Waals surface area (Å²) in [5.74, 6) is 1.53. The number of benzene rings is 2. The van der Waals surface area contributed by atoms with Crippen LogP contribution in [0.25, 0.3) is 11.0 Å². The molecule has 0 aliphatic carbocycles. The fourth-order valence-corrected chi connectivity index (χ4v) is 4.52. The summed E-state index contributed by atoms with van der Waals surface area (Å²) in [5, 5.41) is 3.61. The van der Waals surface area contributed by atoms with Gasteiger partial charge in [0.25, 0.3) is 5.91 Å². The number of amides is 1. The van der Waals surface area contributed by atoms with E-state index in [4.69, 9.17) is 21.3 Å². The second kappa shape index (κ2) is 11.0. The quantitative estimate of drug-likeness (QED) is 0.453. The summed E-state index contributed by atoms with van der Waals surface area (Å²) in [6.45, 7) is 8.14. The smallest absolute Gasteiger partial charge is 0.262 e. The van der Waals surface area contributed by atoms with Gasteiger partial charge in [-0.05, 0) is 81.2 Å². The van der Waals surface area contributed by atoms with Crippen LogP contribution in [-0.2, 0) is 17.9 Å². The Morgan fingerprint density at radius 3 is 2.64 bits per heavy atom. The molecular weight excluding hydrogens is 436 g/mol. The summed E-state index contributed by atoms with van der Waals surface area (Å²) < 4.78 is 7.95. The van der Waals surface area contributed by atoms with Gasteiger partial charge in [0.1, 0.15) is 11.6 Å². The molecule has 1 amide bonds. The van der Waals surface area contributed by atoms with Gasteiger partial charge in [0.2, 0.25) is 0 Å². The van der Waals surface area contributed by atoms with E-state index in [9.17, 15) is 4.79 Å². The van der Waals surface area contributed by atoms with E-state index in [1.54, 1.807) is 12.1 Å². The zero-order valence-corrected chi connectivity index (χ0v) is 20.3. The first-order valence-corrected chi connectivity index (χ1v) is 12.3. The van der Waals surface area contributed by atoms with Crippen LogP contribution in [0.3, 0.4) is 0 Å². The first-order chi connectivity index (χ1) is 16.0. The lowest BCUT2D eigenvalue weighted by Crippen LogP contribution is -2.26. The number of aryl methyl sites for hydroxylation is 2. The fraction of sp³-hybridized carbons (Fsp3) is 0.462. The molecule has 0 radical (unpaired) electrons. The van der Waals surface area contributed by atoms with Crippen LogP contribution in [0.2, 0.25) is 5.02 Å². The average Bonchev–Trinajstić information content (AvgIpc) is 2.95. The van der Waals surface area contributed by atoms with Crippen LogP contribution in [-0.4, -0.2) is 40.1 Å². The van der Waals surface area contributed by atoms with Gasteiger partial charge in [0.05, 0.1) is 17.6 Å². The molecule has 0 spiro atoms. The van der Waals surface area contributed by atoms with Crippen LogP contribution < -0.4 is 10.1 Å². The highest BCUT2D eigenvalue weighted by Crippen LogP contribution is 2.24. The van der Waals surface area contributed by atoms with Crippen LogP contribution in [0.15, 0.2) is 36.4 Å². The number of aromatic nitrogens is 2. The molecule has 1 saturated heterocycles. The van der Waals surface area contributed by atoms with Crippen molar-refractivity contribution in [2.45, 2.75) is 59.0 Å². The van der Waals surface area contributed by atoms with E-state index >= 15 is 0 Å². The Balaban J connectivity index is 1.45. The van der Waals surface area contributed by atoms with Crippen molar-refractivity contribution in [3.05, 3.63) is 52.8 Å². The largest absolute Gasteiger partial charge is 0.484 e. The van der Waals surface area contributed by atoms with E-state index in [1.165, 1.54) is 25.7 Å². The first kappa shape index (κ1) is 23.6. The molecule has 1 aromatic heterocycles. The van der Waals surface area contributed by atoms with Crippen LogP contribution in [0.4, 0.5) is 5.69 Å². The molecule has 4 rings (SSSR count). The van der Waals surface area contributed by atoms with Gasteiger partial charge in [-0.25, -0.2) is 4.98 Å². The second-order valence-corrected chi connectivity index (χ2v) is 9.23. The maximum Gasteiger partial charge on any atom is 0.262 e. The van der Waals surface area contributed by atoms with Crippen molar-refractivity contribution in [3.63, 3.8) is 0 Å². The minimum absolute atomic E-state index is 0.0659. The highest BCUT2D eigenvalue weighted by molar-refractivity contribution is 6.31. The Hall–Kier alpha value is -2.57. The molecule has 2 heterocycles. The minimum atomic E-state index is -0.209. The van der Waals surface area contributed by atoms with E-state index < -0.39 is 0 Å². The summed E-state index contributed by atoms with van der Waals surface area (Å²) in [4.78, 5) is 19.9. The molecule has 0 unspecified atom stereocenters. The summed E-state index contributed by atoms with van der Waals surface area (Å²) in [6.07, 6.45) is 6.24. The molecule has 2 aromatic carbocycles. The zero-order chi connectivity index (χ0) is 23.2. The third kappa shape index (κ3) is 6.06. The van der Waals surface area contributed by atoms with E-state index in [0.29, 0.717) is 10.8 Å². The van der Waals surface area contributed by atoms with Gasteiger partial charge in [0.15, 0.2) is 6.61 Å². The van der Waals surface area contributed by atoms with Gasteiger partial charge in [-0.1, -0.05) is 31.4 Å². The van der Waals surface area contributed by atoms with E-state index in [2.05, 4.69) is 27.8 Å². The third-order valence-corrected chi connectivity index (χ3v) is 6.55. The number of fused-ring (bicyclic) bond motifs is 1. The number of nitrogens with zero attached hydrogens (tertiary/aromatic N) is 3. The number of imidazole rings is 1. The topological polar surface area (TPSA) is 59.4 Å². The monoisotopic (exact) mass is 468 g/mol. The number of likely N-dealkylation sites (tertiary alicyclic amines) is 1. The molecule has 0 atom stereocenters. The van der Waals surface area contributed by atoms with Crippen molar-refractivity contribution in [2.24, 2.45) is 0 Å². The molecular formula is C26H33ClN4O2. The molecule has 3 aromatic rings. The van der Waals surface area contributed by atoms with Crippen LogP contribution in [0, 0.1) is 6.92 Å². The van der Waals surface area contributed by atoms with Crippen molar-refractivity contribution in [1.29, 1.82) is 0 Å². The molecule has 0 saturated carbocycles. The normalized spacial score (nSPS) is 14.9. The maximum atomic E-state index is 12.4. The number of nitrogens with one attached hydrogen (secondary N) is 1. The second-order valence-electron chi connectivity index (χ2n) is 8.82. The Labute approximate surface area is 200 Å².